The number of hydrogen-bond donors (Lipinski definition) is 1. The van der Waals surface area contributed by atoms with Gasteiger partial charge in [0.25, 0.3) is 0 Å². The first-order chi connectivity index (χ1) is 7.71. The van der Waals surface area contributed by atoms with Crippen molar-refractivity contribution < 1.29 is 0 Å². The lowest BCUT2D eigenvalue weighted by atomic mass is 9.74. The molecule has 0 aromatic heterocycles. The van der Waals surface area contributed by atoms with Crippen LogP contribution in [0.2, 0.25) is 0 Å². The predicted octanol–water partition coefficient (Wildman–Crippen LogP) is 4.07. The van der Waals surface area contributed by atoms with Gasteiger partial charge in [0, 0.05) is 5.54 Å². The molecule has 0 amide bonds. The molecule has 96 valence electrons. The third-order valence-corrected chi connectivity index (χ3v) is 4.40. The van der Waals surface area contributed by atoms with E-state index in [2.05, 4.69) is 71.1 Å². The highest BCUT2D eigenvalue weighted by atomic mass is 14.9. The summed E-state index contributed by atoms with van der Waals surface area (Å²) in [5.74, 6) is 0.635. The summed E-state index contributed by atoms with van der Waals surface area (Å²) in [6.45, 7) is 13.7. The maximum atomic E-state index is 3.37. The molecule has 0 atom stereocenters. The molecule has 0 spiro atoms. The Balaban J connectivity index is 3.19. The van der Waals surface area contributed by atoms with Crippen LogP contribution in [0.5, 0.6) is 0 Å². The molecule has 1 heteroatoms. The molecule has 0 bridgehead atoms. The van der Waals surface area contributed by atoms with Crippen LogP contribution >= 0.6 is 0 Å². The molecule has 0 fully saturated rings. The number of rotatable bonds is 4. The van der Waals surface area contributed by atoms with Crippen LogP contribution in [0.3, 0.4) is 0 Å². The Labute approximate surface area is 107 Å². The molecule has 0 radical (unpaired) electrons. The van der Waals surface area contributed by atoms with E-state index in [1.807, 2.05) is 7.05 Å². The Morgan fingerprint density at radius 1 is 1.00 bits per heavy atom. The Morgan fingerprint density at radius 2 is 1.53 bits per heavy atom. The van der Waals surface area contributed by atoms with Crippen LogP contribution in [0.15, 0.2) is 24.3 Å². The van der Waals surface area contributed by atoms with Crippen molar-refractivity contribution in [3.63, 3.8) is 0 Å². The van der Waals surface area contributed by atoms with Gasteiger partial charge >= 0.3 is 0 Å². The van der Waals surface area contributed by atoms with Gasteiger partial charge in [-0.3, -0.25) is 0 Å². The molecular weight excluding hydrogens is 206 g/mol. The third-order valence-electron chi connectivity index (χ3n) is 4.40. The maximum absolute atomic E-state index is 3.37. The Kier molecular flexibility index (Phi) is 4.03. The summed E-state index contributed by atoms with van der Waals surface area (Å²) in [5.41, 5.74) is 3.03. The van der Waals surface area contributed by atoms with Crippen LogP contribution in [0.25, 0.3) is 0 Å². The standard InChI is InChI=1S/C16H27N/c1-12(2)15(3,4)13-9-8-10-14(11-13)16(5,6)17-7/h8-12,17H,1-7H3. The lowest BCUT2D eigenvalue weighted by molar-refractivity contribution is 0.370. The quantitative estimate of drug-likeness (QED) is 0.826. The zero-order valence-electron chi connectivity index (χ0n) is 12.4. The topological polar surface area (TPSA) is 12.0 Å². The molecule has 0 aliphatic heterocycles. The van der Waals surface area contributed by atoms with Gasteiger partial charge < -0.3 is 5.32 Å². The Morgan fingerprint density at radius 3 is 2.00 bits per heavy atom. The summed E-state index contributed by atoms with van der Waals surface area (Å²) in [6, 6.07) is 8.97. The first-order valence-electron chi connectivity index (χ1n) is 6.51. The van der Waals surface area contributed by atoms with E-state index >= 15 is 0 Å². The van der Waals surface area contributed by atoms with Crippen LogP contribution in [0, 0.1) is 5.92 Å². The van der Waals surface area contributed by atoms with Crippen molar-refractivity contribution in [2.24, 2.45) is 5.92 Å². The number of nitrogens with one attached hydrogen (secondary N) is 1. The highest BCUT2D eigenvalue weighted by Crippen LogP contribution is 2.33. The molecule has 1 nitrogen and oxygen atoms in total. The Bertz CT molecular complexity index is 375. The predicted molar refractivity (Wildman–Crippen MR) is 76.4 cm³/mol. The second-order valence-corrected chi connectivity index (χ2v) is 6.33. The molecule has 1 aromatic carbocycles. The summed E-state index contributed by atoms with van der Waals surface area (Å²) in [7, 11) is 2.01. The molecule has 0 unspecified atom stereocenters. The zero-order valence-corrected chi connectivity index (χ0v) is 12.4. The van der Waals surface area contributed by atoms with Gasteiger partial charge in [0.15, 0.2) is 0 Å². The monoisotopic (exact) mass is 233 g/mol. The summed E-state index contributed by atoms with van der Waals surface area (Å²) < 4.78 is 0. The molecule has 0 aliphatic carbocycles. The zero-order chi connectivity index (χ0) is 13.3. The molecule has 1 aromatic rings. The lowest BCUT2D eigenvalue weighted by Gasteiger charge is -2.32. The maximum Gasteiger partial charge on any atom is 0.0375 e. The minimum absolute atomic E-state index is 0.0308. The second-order valence-electron chi connectivity index (χ2n) is 6.33. The molecule has 17 heavy (non-hydrogen) atoms. The molecular formula is C16H27N. The van der Waals surface area contributed by atoms with Crippen molar-refractivity contribution in [1.29, 1.82) is 0 Å². The molecule has 1 N–H and O–H groups in total. The highest BCUT2D eigenvalue weighted by Gasteiger charge is 2.26. The van der Waals surface area contributed by atoms with Gasteiger partial charge in [-0.2, -0.15) is 0 Å². The number of hydrogen-bond acceptors (Lipinski definition) is 1. The average molecular weight is 233 g/mol. The van der Waals surface area contributed by atoms with Crippen LogP contribution in [-0.4, -0.2) is 7.05 Å². The molecule has 0 saturated carbocycles. The van der Waals surface area contributed by atoms with E-state index in [0.717, 1.165) is 0 Å². The van der Waals surface area contributed by atoms with E-state index in [0.29, 0.717) is 5.92 Å². The van der Waals surface area contributed by atoms with Crippen molar-refractivity contribution in [3.05, 3.63) is 35.4 Å². The SMILES string of the molecule is CNC(C)(C)c1cccc(C(C)(C)C(C)C)c1. The normalized spacial score (nSPS) is 13.2. The van der Waals surface area contributed by atoms with Gasteiger partial charge in [0.05, 0.1) is 0 Å². The van der Waals surface area contributed by atoms with Crippen molar-refractivity contribution >= 4 is 0 Å². The van der Waals surface area contributed by atoms with Crippen molar-refractivity contribution in [1.82, 2.24) is 5.32 Å². The second kappa shape index (κ2) is 4.81. The van der Waals surface area contributed by atoms with Crippen molar-refractivity contribution in [2.45, 2.75) is 52.5 Å². The highest BCUT2D eigenvalue weighted by molar-refractivity contribution is 5.33. The van der Waals surface area contributed by atoms with Crippen molar-refractivity contribution in [3.8, 4) is 0 Å². The smallest absolute Gasteiger partial charge is 0.0375 e. The van der Waals surface area contributed by atoms with Gasteiger partial charge in [-0.1, -0.05) is 52.0 Å². The fourth-order valence-corrected chi connectivity index (χ4v) is 1.79. The summed E-state index contributed by atoms with van der Waals surface area (Å²) in [5, 5.41) is 3.37. The van der Waals surface area contributed by atoms with E-state index < -0.39 is 0 Å². The molecule has 0 aliphatic rings. The minimum Gasteiger partial charge on any atom is -0.311 e. The summed E-state index contributed by atoms with van der Waals surface area (Å²) >= 11 is 0. The molecule has 0 saturated heterocycles. The van der Waals surface area contributed by atoms with Gasteiger partial charge in [-0.15, -0.1) is 0 Å². The van der Waals surface area contributed by atoms with E-state index in [4.69, 9.17) is 0 Å². The van der Waals surface area contributed by atoms with Crippen molar-refractivity contribution in [2.75, 3.05) is 7.05 Å². The van der Waals surface area contributed by atoms with E-state index in [-0.39, 0.29) is 11.0 Å². The summed E-state index contributed by atoms with van der Waals surface area (Å²) in [6.07, 6.45) is 0. The summed E-state index contributed by atoms with van der Waals surface area (Å²) in [4.78, 5) is 0. The van der Waals surface area contributed by atoms with E-state index in [9.17, 15) is 0 Å². The van der Waals surface area contributed by atoms with Crippen LogP contribution in [-0.2, 0) is 11.0 Å². The van der Waals surface area contributed by atoms with Crippen LogP contribution in [0.4, 0.5) is 0 Å². The minimum atomic E-state index is 0.0308. The molecule has 1 rings (SSSR count). The van der Waals surface area contributed by atoms with Crippen LogP contribution in [0.1, 0.15) is 52.7 Å². The van der Waals surface area contributed by atoms with Crippen LogP contribution < -0.4 is 5.32 Å². The van der Waals surface area contributed by atoms with E-state index in [1.54, 1.807) is 0 Å². The molecule has 0 heterocycles. The Hall–Kier alpha value is -0.820. The number of benzene rings is 1. The van der Waals surface area contributed by atoms with Gasteiger partial charge in [0.2, 0.25) is 0 Å². The third kappa shape index (κ3) is 2.90. The fourth-order valence-electron chi connectivity index (χ4n) is 1.79. The average Bonchev–Trinajstić information content (AvgIpc) is 2.29. The first kappa shape index (κ1) is 14.2. The largest absolute Gasteiger partial charge is 0.311 e. The van der Waals surface area contributed by atoms with Gasteiger partial charge in [-0.25, -0.2) is 0 Å². The lowest BCUT2D eigenvalue weighted by Crippen LogP contribution is -2.34. The van der Waals surface area contributed by atoms with Gasteiger partial charge in [0.1, 0.15) is 0 Å². The van der Waals surface area contributed by atoms with Gasteiger partial charge in [-0.05, 0) is 43.4 Å². The fraction of sp³-hybridized carbons (Fsp3) is 0.625. The van der Waals surface area contributed by atoms with E-state index in [1.165, 1.54) is 11.1 Å². The first-order valence-corrected chi connectivity index (χ1v) is 6.51.